The van der Waals surface area contributed by atoms with Crippen LogP contribution in [0.1, 0.15) is 12.8 Å². The van der Waals surface area contributed by atoms with Crippen molar-refractivity contribution >= 4 is 16.6 Å². The van der Waals surface area contributed by atoms with Crippen molar-refractivity contribution in [1.82, 2.24) is 14.7 Å². The predicted octanol–water partition coefficient (Wildman–Crippen LogP) is 3.41. The summed E-state index contributed by atoms with van der Waals surface area (Å²) in [5.41, 5.74) is 2.41. The van der Waals surface area contributed by atoms with E-state index in [9.17, 15) is 0 Å². The van der Waals surface area contributed by atoms with E-state index in [4.69, 9.17) is 9.47 Å². The fourth-order valence-electron chi connectivity index (χ4n) is 4.32. The molecule has 152 valence electrons. The van der Waals surface area contributed by atoms with Crippen molar-refractivity contribution < 1.29 is 9.47 Å². The molecule has 0 N–H and O–H groups in total. The van der Waals surface area contributed by atoms with E-state index < -0.39 is 0 Å². The number of fused-ring (bicyclic) bond motifs is 2. The second-order valence-corrected chi connectivity index (χ2v) is 7.76. The lowest BCUT2D eigenvalue weighted by Gasteiger charge is -2.37. The Morgan fingerprint density at radius 2 is 1.66 bits per heavy atom. The summed E-state index contributed by atoms with van der Waals surface area (Å²) < 4.78 is 13.8. The van der Waals surface area contributed by atoms with Crippen LogP contribution in [0.3, 0.4) is 0 Å². The van der Waals surface area contributed by atoms with E-state index in [1.807, 2.05) is 12.3 Å². The molecule has 2 aromatic carbocycles. The minimum Gasteiger partial charge on any atom is -0.486 e. The Kier molecular flexibility index (Phi) is 5.26. The highest BCUT2D eigenvalue weighted by atomic mass is 16.6. The lowest BCUT2D eigenvalue weighted by molar-refractivity contribution is 0.171. The van der Waals surface area contributed by atoms with Gasteiger partial charge in [-0.25, -0.2) is 0 Å². The summed E-state index contributed by atoms with van der Waals surface area (Å²) in [6.07, 6.45) is 4.32. The zero-order valence-electron chi connectivity index (χ0n) is 16.8. The third kappa shape index (κ3) is 3.90. The van der Waals surface area contributed by atoms with Gasteiger partial charge in [-0.2, -0.15) is 5.10 Å². The molecule has 0 aliphatic carbocycles. The SMILES string of the molecule is c1cc2c(c(N3CCN(CCCCn4ncc5ccccc54)CC3)c1)OCCO2. The van der Waals surface area contributed by atoms with Crippen LogP contribution in [0.2, 0.25) is 0 Å². The summed E-state index contributed by atoms with van der Waals surface area (Å²) in [5, 5.41) is 5.76. The average Bonchev–Trinajstić information content (AvgIpc) is 3.20. The highest BCUT2D eigenvalue weighted by Gasteiger charge is 2.23. The quantitative estimate of drug-likeness (QED) is 0.602. The minimum atomic E-state index is 0.634. The zero-order valence-corrected chi connectivity index (χ0v) is 16.8. The molecule has 2 aliphatic heterocycles. The minimum absolute atomic E-state index is 0.634. The van der Waals surface area contributed by atoms with Gasteiger partial charge in [-0.1, -0.05) is 24.3 Å². The number of ether oxygens (including phenoxy) is 2. The Labute approximate surface area is 171 Å². The van der Waals surface area contributed by atoms with Gasteiger partial charge in [0, 0.05) is 38.1 Å². The van der Waals surface area contributed by atoms with Crippen LogP contribution in [0.15, 0.2) is 48.7 Å². The Morgan fingerprint density at radius 1 is 0.828 bits per heavy atom. The monoisotopic (exact) mass is 392 g/mol. The van der Waals surface area contributed by atoms with E-state index in [-0.39, 0.29) is 0 Å². The molecule has 0 amide bonds. The number of piperazine rings is 1. The molecular weight excluding hydrogens is 364 g/mol. The van der Waals surface area contributed by atoms with Gasteiger partial charge in [0.05, 0.1) is 17.4 Å². The molecule has 0 radical (unpaired) electrons. The topological polar surface area (TPSA) is 42.8 Å². The smallest absolute Gasteiger partial charge is 0.184 e. The molecule has 0 spiro atoms. The standard InChI is InChI=1S/C23H28N4O2/c1-2-7-20-19(6-1)18-24-27(20)11-4-3-10-25-12-14-26(15-13-25)21-8-5-9-22-23(21)29-17-16-28-22/h1-2,5-9,18H,3-4,10-17H2. The number of aromatic nitrogens is 2. The number of unbranched alkanes of at least 4 members (excludes halogenated alkanes) is 1. The van der Waals surface area contributed by atoms with Crippen molar-refractivity contribution in [2.24, 2.45) is 0 Å². The van der Waals surface area contributed by atoms with Crippen LogP contribution in [-0.4, -0.2) is 60.6 Å². The molecule has 29 heavy (non-hydrogen) atoms. The van der Waals surface area contributed by atoms with E-state index in [0.29, 0.717) is 13.2 Å². The van der Waals surface area contributed by atoms with Crippen LogP contribution in [0.4, 0.5) is 5.69 Å². The molecule has 1 fully saturated rings. The number of hydrogen-bond donors (Lipinski definition) is 0. The third-order valence-corrected chi connectivity index (χ3v) is 5.90. The maximum atomic E-state index is 5.89. The second-order valence-electron chi connectivity index (χ2n) is 7.76. The molecule has 0 saturated carbocycles. The number of hydrogen-bond acceptors (Lipinski definition) is 5. The van der Waals surface area contributed by atoms with Crippen molar-refractivity contribution in [3.8, 4) is 11.5 Å². The summed E-state index contributed by atoms with van der Waals surface area (Å²) in [5.74, 6) is 1.79. The van der Waals surface area contributed by atoms with Crippen molar-refractivity contribution in [3.63, 3.8) is 0 Å². The summed E-state index contributed by atoms with van der Waals surface area (Å²) in [4.78, 5) is 5.00. The number of rotatable bonds is 6. The van der Waals surface area contributed by atoms with Crippen molar-refractivity contribution in [3.05, 3.63) is 48.7 Å². The number of anilines is 1. The van der Waals surface area contributed by atoms with Crippen molar-refractivity contribution in [2.75, 3.05) is 50.8 Å². The molecule has 0 unspecified atom stereocenters. The molecule has 2 aliphatic rings. The normalized spacial score (nSPS) is 17.0. The molecule has 3 aromatic rings. The predicted molar refractivity (Wildman–Crippen MR) is 115 cm³/mol. The average molecular weight is 393 g/mol. The van der Waals surface area contributed by atoms with Crippen LogP contribution >= 0.6 is 0 Å². The van der Waals surface area contributed by atoms with E-state index in [0.717, 1.165) is 57.2 Å². The Bertz CT molecular complexity index is 962. The maximum Gasteiger partial charge on any atom is 0.184 e. The number of benzene rings is 2. The third-order valence-electron chi connectivity index (χ3n) is 5.90. The van der Waals surface area contributed by atoms with Gasteiger partial charge in [0.15, 0.2) is 11.5 Å². The maximum absolute atomic E-state index is 5.89. The van der Waals surface area contributed by atoms with Gasteiger partial charge in [-0.3, -0.25) is 9.58 Å². The number of para-hydroxylation sites is 2. The van der Waals surface area contributed by atoms with E-state index >= 15 is 0 Å². The fraction of sp³-hybridized carbons (Fsp3) is 0.435. The van der Waals surface area contributed by atoms with Gasteiger partial charge in [-0.15, -0.1) is 0 Å². The van der Waals surface area contributed by atoms with E-state index in [1.165, 1.54) is 23.0 Å². The van der Waals surface area contributed by atoms with Gasteiger partial charge >= 0.3 is 0 Å². The Morgan fingerprint density at radius 3 is 2.59 bits per heavy atom. The zero-order chi connectivity index (χ0) is 19.5. The molecule has 6 heteroatoms. The highest BCUT2D eigenvalue weighted by molar-refractivity contribution is 5.78. The molecule has 3 heterocycles. The van der Waals surface area contributed by atoms with E-state index in [1.54, 1.807) is 0 Å². The Hall–Kier alpha value is -2.73. The second kappa shape index (κ2) is 8.33. The van der Waals surface area contributed by atoms with Crippen LogP contribution in [0.5, 0.6) is 11.5 Å². The lowest BCUT2D eigenvalue weighted by Crippen LogP contribution is -2.46. The fourth-order valence-corrected chi connectivity index (χ4v) is 4.32. The number of nitrogens with zero attached hydrogens (tertiary/aromatic N) is 4. The molecule has 0 bridgehead atoms. The summed E-state index contributed by atoms with van der Waals surface area (Å²) >= 11 is 0. The lowest BCUT2D eigenvalue weighted by atomic mass is 10.2. The summed E-state index contributed by atoms with van der Waals surface area (Å²) in [7, 11) is 0. The first-order valence-electron chi connectivity index (χ1n) is 10.6. The van der Waals surface area contributed by atoms with Gasteiger partial charge in [-0.05, 0) is 37.6 Å². The molecule has 6 nitrogen and oxygen atoms in total. The largest absolute Gasteiger partial charge is 0.486 e. The summed E-state index contributed by atoms with van der Waals surface area (Å²) in [6, 6.07) is 14.6. The summed E-state index contributed by atoms with van der Waals surface area (Å²) in [6.45, 7) is 7.66. The van der Waals surface area contributed by atoms with Crippen molar-refractivity contribution in [1.29, 1.82) is 0 Å². The van der Waals surface area contributed by atoms with E-state index in [2.05, 4.69) is 56.0 Å². The first-order valence-corrected chi connectivity index (χ1v) is 10.6. The van der Waals surface area contributed by atoms with Crippen LogP contribution in [-0.2, 0) is 6.54 Å². The molecule has 1 saturated heterocycles. The molecule has 0 atom stereocenters. The van der Waals surface area contributed by atoms with Gasteiger partial charge < -0.3 is 14.4 Å². The molecule has 5 rings (SSSR count). The first-order chi connectivity index (χ1) is 14.4. The van der Waals surface area contributed by atoms with Crippen LogP contribution in [0, 0.1) is 0 Å². The molecular formula is C23H28N4O2. The molecule has 1 aromatic heterocycles. The van der Waals surface area contributed by atoms with Crippen LogP contribution < -0.4 is 14.4 Å². The highest BCUT2D eigenvalue weighted by Crippen LogP contribution is 2.39. The van der Waals surface area contributed by atoms with Crippen LogP contribution in [0.25, 0.3) is 10.9 Å². The number of aryl methyl sites for hydroxylation is 1. The van der Waals surface area contributed by atoms with Gasteiger partial charge in [0.1, 0.15) is 13.2 Å². The van der Waals surface area contributed by atoms with Crippen molar-refractivity contribution in [2.45, 2.75) is 19.4 Å². The first kappa shape index (κ1) is 18.3. The van der Waals surface area contributed by atoms with Gasteiger partial charge in [0.25, 0.3) is 0 Å². The Balaban J connectivity index is 1.10. The van der Waals surface area contributed by atoms with Gasteiger partial charge in [0.2, 0.25) is 0 Å².